The van der Waals surface area contributed by atoms with E-state index in [9.17, 15) is 0 Å². The van der Waals surface area contributed by atoms with E-state index in [-0.39, 0.29) is 0 Å². The van der Waals surface area contributed by atoms with Gasteiger partial charge in [-0.05, 0) is 16.7 Å². The Morgan fingerprint density at radius 3 is 1.45 bits per heavy atom. The van der Waals surface area contributed by atoms with Gasteiger partial charge in [-0.25, -0.2) is 4.85 Å². The zero-order valence-electron chi connectivity index (χ0n) is 11.9. The molecule has 0 aliphatic rings. The summed E-state index contributed by atoms with van der Waals surface area (Å²) in [7, 11) is 0. The van der Waals surface area contributed by atoms with Crippen LogP contribution >= 0.6 is 11.6 Å². The maximum atomic E-state index is 7.13. The molecule has 106 valence electrons. The molecule has 0 aliphatic heterocycles. The van der Waals surface area contributed by atoms with E-state index in [4.69, 9.17) is 18.2 Å². The first kappa shape index (κ1) is 14.4. The summed E-state index contributed by atoms with van der Waals surface area (Å²) < 4.78 is 0. The van der Waals surface area contributed by atoms with Gasteiger partial charge in [0, 0.05) is 0 Å². The molecule has 22 heavy (non-hydrogen) atoms. The number of rotatable bonds is 3. The van der Waals surface area contributed by atoms with Crippen molar-refractivity contribution in [2.24, 2.45) is 0 Å². The van der Waals surface area contributed by atoms with Crippen molar-refractivity contribution in [1.29, 1.82) is 0 Å². The van der Waals surface area contributed by atoms with E-state index in [0.717, 1.165) is 16.7 Å². The Kier molecular flexibility index (Phi) is 3.96. The summed E-state index contributed by atoms with van der Waals surface area (Å²) in [4.78, 5) is 2.69. The third-order valence-electron chi connectivity index (χ3n) is 3.74. The first-order valence-corrected chi connectivity index (χ1v) is 7.41. The third kappa shape index (κ3) is 2.50. The van der Waals surface area contributed by atoms with Crippen LogP contribution in [-0.4, -0.2) is 0 Å². The Labute approximate surface area is 135 Å². The predicted octanol–water partition coefficient (Wildman–Crippen LogP) is 5.77. The van der Waals surface area contributed by atoms with Crippen LogP contribution in [0.3, 0.4) is 0 Å². The fraction of sp³-hybridized carbons (Fsp3) is 0.0500. The van der Waals surface area contributed by atoms with Crippen molar-refractivity contribution >= 4 is 17.3 Å². The fourth-order valence-electron chi connectivity index (χ4n) is 2.60. The van der Waals surface area contributed by atoms with Crippen LogP contribution in [0.1, 0.15) is 16.7 Å². The zero-order valence-corrected chi connectivity index (χ0v) is 12.7. The van der Waals surface area contributed by atoms with Crippen LogP contribution in [-0.2, 0) is 4.87 Å². The van der Waals surface area contributed by atoms with Crippen molar-refractivity contribution in [2.45, 2.75) is 4.87 Å². The summed E-state index contributed by atoms with van der Waals surface area (Å²) in [5.41, 5.74) is 3.60. The highest BCUT2D eigenvalue weighted by Gasteiger charge is 2.33. The minimum Gasteiger partial charge on any atom is -0.238 e. The van der Waals surface area contributed by atoms with Crippen molar-refractivity contribution in [3.63, 3.8) is 0 Å². The monoisotopic (exact) mass is 303 g/mol. The molecule has 0 bridgehead atoms. The number of halogens is 1. The molecule has 3 rings (SSSR count). The van der Waals surface area contributed by atoms with Crippen molar-refractivity contribution in [2.75, 3.05) is 0 Å². The van der Waals surface area contributed by atoms with Gasteiger partial charge < -0.3 is 0 Å². The SMILES string of the molecule is [C-]#[N+]c1ccc(C(Cl)(c2ccccc2)c2ccccc2)cc1. The van der Waals surface area contributed by atoms with Crippen molar-refractivity contribution < 1.29 is 0 Å². The van der Waals surface area contributed by atoms with Crippen LogP contribution in [0, 0.1) is 6.57 Å². The van der Waals surface area contributed by atoms with Crippen molar-refractivity contribution in [3.05, 3.63) is 113 Å². The molecule has 0 saturated heterocycles. The number of nitrogens with zero attached hydrogens (tertiary/aromatic N) is 1. The molecule has 3 aromatic rings. The number of hydrogen-bond donors (Lipinski definition) is 0. The van der Waals surface area contributed by atoms with Gasteiger partial charge in [0.2, 0.25) is 0 Å². The van der Waals surface area contributed by atoms with Gasteiger partial charge in [-0.2, -0.15) is 0 Å². The maximum absolute atomic E-state index is 7.13. The molecular weight excluding hydrogens is 290 g/mol. The van der Waals surface area contributed by atoms with Crippen LogP contribution in [0.4, 0.5) is 5.69 Å². The molecule has 2 heteroatoms. The minimum atomic E-state index is -0.761. The summed E-state index contributed by atoms with van der Waals surface area (Å²) in [6.45, 7) is 7.09. The molecule has 0 heterocycles. The average molecular weight is 304 g/mol. The van der Waals surface area contributed by atoms with Crippen LogP contribution in [0.15, 0.2) is 84.9 Å². The van der Waals surface area contributed by atoms with Gasteiger partial charge in [-0.1, -0.05) is 84.9 Å². The Morgan fingerprint density at radius 2 is 1.05 bits per heavy atom. The lowest BCUT2D eigenvalue weighted by Gasteiger charge is -2.29. The van der Waals surface area contributed by atoms with Crippen molar-refractivity contribution in [1.82, 2.24) is 0 Å². The molecule has 0 aliphatic carbocycles. The molecule has 3 aromatic carbocycles. The van der Waals surface area contributed by atoms with Crippen LogP contribution in [0.25, 0.3) is 4.85 Å². The predicted molar refractivity (Wildman–Crippen MR) is 91.3 cm³/mol. The molecular formula is C20H14ClN. The Balaban J connectivity index is 2.21. The smallest absolute Gasteiger partial charge is 0.187 e. The molecule has 0 amide bonds. The van der Waals surface area contributed by atoms with Gasteiger partial charge in [-0.15, -0.1) is 11.6 Å². The van der Waals surface area contributed by atoms with Crippen LogP contribution in [0.2, 0.25) is 0 Å². The first-order chi connectivity index (χ1) is 10.7. The van der Waals surface area contributed by atoms with Crippen LogP contribution in [0.5, 0.6) is 0 Å². The minimum absolute atomic E-state index is 0.615. The first-order valence-electron chi connectivity index (χ1n) is 7.03. The van der Waals surface area contributed by atoms with Gasteiger partial charge in [0.25, 0.3) is 0 Å². The Hall–Kier alpha value is -2.56. The summed E-state index contributed by atoms with van der Waals surface area (Å²) >= 11 is 7.13. The summed E-state index contributed by atoms with van der Waals surface area (Å²) in [6.07, 6.45) is 0. The lowest BCUT2D eigenvalue weighted by atomic mass is 9.84. The molecule has 0 fully saturated rings. The topological polar surface area (TPSA) is 4.36 Å². The number of benzene rings is 3. The van der Waals surface area contributed by atoms with Gasteiger partial charge in [0.05, 0.1) is 6.57 Å². The largest absolute Gasteiger partial charge is 0.238 e. The van der Waals surface area contributed by atoms with E-state index >= 15 is 0 Å². The average Bonchev–Trinajstić information content (AvgIpc) is 2.62. The quantitative estimate of drug-likeness (QED) is 0.329. The van der Waals surface area contributed by atoms with Gasteiger partial charge >= 0.3 is 0 Å². The lowest BCUT2D eigenvalue weighted by Crippen LogP contribution is -2.22. The van der Waals surface area contributed by atoms with E-state index in [0.29, 0.717) is 5.69 Å². The standard InChI is InChI=1S/C20H14ClN/c1-22-19-14-12-18(13-15-19)20(21,16-8-4-2-5-9-16)17-10-6-3-7-11-17/h2-15H. The highest BCUT2D eigenvalue weighted by atomic mass is 35.5. The van der Waals surface area contributed by atoms with Crippen LogP contribution < -0.4 is 0 Å². The molecule has 0 saturated carbocycles. The van der Waals surface area contributed by atoms with E-state index in [1.165, 1.54) is 0 Å². The third-order valence-corrected chi connectivity index (χ3v) is 4.39. The zero-order chi connectivity index (χ0) is 15.4. The van der Waals surface area contributed by atoms with E-state index in [1.807, 2.05) is 84.9 Å². The lowest BCUT2D eigenvalue weighted by molar-refractivity contribution is 0.880. The molecule has 0 radical (unpaired) electrons. The second-order valence-electron chi connectivity index (χ2n) is 5.05. The Morgan fingerprint density at radius 1 is 0.636 bits per heavy atom. The van der Waals surface area contributed by atoms with Gasteiger partial charge in [-0.3, -0.25) is 0 Å². The normalized spacial score (nSPS) is 10.9. The molecule has 0 spiro atoms. The molecule has 1 nitrogen and oxygen atoms in total. The molecule has 0 atom stereocenters. The van der Waals surface area contributed by atoms with Gasteiger partial charge in [0.15, 0.2) is 5.69 Å². The number of hydrogen-bond acceptors (Lipinski definition) is 0. The second-order valence-corrected chi connectivity index (χ2v) is 5.62. The van der Waals surface area contributed by atoms with E-state index in [1.54, 1.807) is 0 Å². The van der Waals surface area contributed by atoms with E-state index in [2.05, 4.69) is 4.85 Å². The second kappa shape index (κ2) is 6.05. The molecule has 0 aromatic heterocycles. The van der Waals surface area contributed by atoms with Crippen molar-refractivity contribution in [3.8, 4) is 0 Å². The summed E-state index contributed by atoms with van der Waals surface area (Å²) in [5.74, 6) is 0. The Bertz CT molecular complexity index is 747. The summed E-state index contributed by atoms with van der Waals surface area (Å²) in [5, 5.41) is 0. The highest BCUT2D eigenvalue weighted by molar-refractivity contribution is 6.28. The highest BCUT2D eigenvalue weighted by Crippen LogP contribution is 2.43. The van der Waals surface area contributed by atoms with E-state index < -0.39 is 4.87 Å². The maximum Gasteiger partial charge on any atom is 0.187 e. The fourth-order valence-corrected chi connectivity index (χ4v) is 2.98. The number of alkyl halides is 1. The summed E-state index contributed by atoms with van der Waals surface area (Å²) in [6, 6.07) is 27.5. The van der Waals surface area contributed by atoms with Gasteiger partial charge in [0.1, 0.15) is 4.87 Å². The molecule has 0 unspecified atom stereocenters. The molecule has 0 N–H and O–H groups in total.